The Morgan fingerprint density at radius 2 is 1.68 bits per heavy atom. The van der Waals surface area contributed by atoms with E-state index in [0.717, 1.165) is 22.3 Å². The van der Waals surface area contributed by atoms with Crippen molar-refractivity contribution in [3.05, 3.63) is 59.7 Å². The molecule has 0 spiro atoms. The van der Waals surface area contributed by atoms with E-state index in [4.69, 9.17) is 9.47 Å². The number of hydrogen-bond donors (Lipinski definition) is 2. The number of likely N-dealkylation sites (tertiary alicyclic amines) is 1. The lowest BCUT2D eigenvalue weighted by Crippen LogP contribution is -2.55. The monoisotopic (exact) mass is 466 g/mol. The van der Waals surface area contributed by atoms with Gasteiger partial charge in [-0.15, -0.1) is 0 Å². The number of methoxy groups -OCH3 is 1. The fraction of sp³-hybridized carbons (Fsp3) is 0.423. The lowest BCUT2D eigenvalue weighted by molar-refractivity contribution is -0.143. The zero-order valence-electron chi connectivity index (χ0n) is 19.6. The average Bonchev–Trinajstić information content (AvgIpc) is 3.38. The highest BCUT2D eigenvalue weighted by Crippen LogP contribution is 2.44. The quantitative estimate of drug-likeness (QED) is 0.649. The molecule has 1 saturated heterocycles. The second kappa shape index (κ2) is 9.85. The van der Waals surface area contributed by atoms with Crippen LogP contribution in [0.2, 0.25) is 0 Å². The standard InChI is InChI=1S/C26H30N2O6/c1-15-17(25(30)31)12-13-28(15)24(29)23(16(2)33-3)27-26(32)34-14-22-20-10-6-4-8-18(20)19-9-5-7-11-21(19)22/h4-11,15-17,22-23H,12-14H2,1-3H3,(H,27,32)(H,30,31). The number of fused-ring (bicyclic) bond motifs is 3. The van der Waals surface area contributed by atoms with E-state index < -0.39 is 36.2 Å². The summed E-state index contributed by atoms with van der Waals surface area (Å²) in [5.41, 5.74) is 4.45. The molecule has 2 aromatic rings. The van der Waals surface area contributed by atoms with Crippen LogP contribution < -0.4 is 5.32 Å². The Kier molecular flexibility index (Phi) is 6.88. The van der Waals surface area contributed by atoms with Crippen LogP contribution in [0.15, 0.2) is 48.5 Å². The Morgan fingerprint density at radius 1 is 1.09 bits per heavy atom. The van der Waals surface area contributed by atoms with E-state index in [1.165, 1.54) is 12.0 Å². The third-order valence-electron chi connectivity index (χ3n) is 7.08. The summed E-state index contributed by atoms with van der Waals surface area (Å²) in [6.45, 7) is 3.84. The van der Waals surface area contributed by atoms with Gasteiger partial charge in [-0.05, 0) is 42.5 Å². The molecule has 1 fully saturated rings. The Labute approximate surface area is 198 Å². The van der Waals surface area contributed by atoms with Gasteiger partial charge in [-0.25, -0.2) is 4.79 Å². The maximum absolute atomic E-state index is 13.2. The smallest absolute Gasteiger partial charge is 0.407 e. The molecule has 1 aliphatic heterocycles. The third-order valence-corrected chi connectivity index (χ3v) is 7.08. The highest BCUT2D eigenvalue weighted by molar-refractivity contribution is 5.87. The predicted octanol–water partition coefficient (Wildman–Crippen LogP) is 3.25. The van der Waals surface area contributed by atoms with E-state index in [0.29, 0.717) is 13.0 Å². The summed E-state index contributed by atoms with van der Waals surface area (Å²) in [5, 5.41) is 12.0. The second-order valence-corrected chi connectivity index (χ2v) is 8.89. The topological polar surface area (TPSA) is 105 Å². The minimum Gasteiger partial charge on any atom is -0.481 e. The van der Waals surface area contributed by atoms with Gasteiger partial charge in [-0.1, -0.05) is 48.5 Å². The number of carboxylic acids is 1. The molecule has 4 rings (SSSR count). The van der Waals surface area contributed by atoms with Crippen molar-refractivity contribution in [2.24, 2.45) is 5.92 Å². The molecule has 4 atom stereocenters. The molecule has 34 heavy (non-hydrogen) atoms. The number of aliphatic carboxylic acids is 1. The van der Waals surface area contributed by atoms with Crippen molar-refractivity contribution in [3.8, 4) is 11.1 Å². The summed E-state index contributed by atoms with van der Waals surface area (Å²) in [6, 6.07) is 14.6. The number of amides is 2. The molecule has 2 amide bonds. The van der Waals surface area contributed by atoms with Crippen LogP contribution >= 0.6 is 0 Å². The zero-order chi connectivity index (χ0) is 24.4. The fourth-order valence-corrected chi connectivity index (χ4v) is 5.04. The molecular formula is C26H30N2O6. The number of alkyl carbamates (subject to hydrolysis) is 1. The maximum atomic E-state index is 13.2. The van der Waals surface area contributed by atoms with Crippen molar-refractivity contribution in [1.82, 2.24) is 10.2 Å². The van der Waals surface area contributed by atoms with Crippen molar-refractivity contribution in [1.29, 1.82) is 0 Å². The van der Waals surface area contributed by atoms with Gasteiger partial charge in [-0.3, -0.25) is 9.59 Å². The van der Waals surface area contributed by atoms with E-state index in [2.05, 4.69) is 17.4 Å². The summed E-state index contributed by atoms with van der Waals surface area (Å²) in [5.74, 6) is -2.03. The second-order valence-electron chi connectivity index (χ2n) is 8.89. The largest absolute Gasteiger partial charge is 0.481 e. The minimum absolute atomic E-state index is 0.0953. The maximum Gasteiger partial charge on any atom is 0.407 e. The molecule has 0 saturated carbocycles. The lowest BCUT2D eigenvalue weighted by Gasteiger charge is -2.30. The van der Waals surface area contributed by atoms with Crippen LogP contribution in [0.1, 0.15) is 37.3 Å². The average molecular weight is 467 g/mol. The van der Waals surface area contributed by atoms with E-state index >= 15 is 0 Å². The first kappa shape index (κ1) is 23.8. The first-order valence-electron chi connectivity index (χ1n) is 11.5. The number of benzene rings is 2. The van der Waals surface area contributed by atoms with E-state index in [1.807, 2.05) is 36.4 Å². The molecule has 2 N–H and O–H groups in total. The molecule has 1 aliphatic carbocycles. The number of nitrogens with zero attached hydrogens (tertiary/aromatic N) is 1. The number of ether oxygens (including phenoxy) is 2. The minimum atomic E-state index is -0.990. The van der Waals surface area contributed by atoms with Gasteiger partial charge in [0.1, 0.15) is 12.6 Å². The van der Waals surface area contributed by atoms with E-state index in [9.17, 15) is 19.5 Å². The van der Waals surface area contributed by atoms with Crippen molar-refractivity contribution >= 4 is 18.0 Å². The van der Waals surface area contributed by atoms with Crippen molar-refractivity contribution in [2.75, 3.05) is 20.3 Å². The van der Waals surface area contributed by atoms with Crippen molar-refractivity contribution < 1.29 is 29.0 Å². The van der Waals surface area contributed by atoms with Crippen LogP contribution in [0.5, 0.6) is 0 Å². The lowest BCUT2D eigenvalue weighted by atomic mass is 9.98. The van der Waals surface area contributed by atoms with E-state index in [1.54, 1.807) is 13.8 Å². The summed E-state index contributed by atoms with van der Waals surface area (Å²) in [4.78, 5) is 39.0. The van der Waals surface area contributed by atoms with Gasteiger partial charge >= 0.3 is 12.1 Å². The Bertz CT molecular complexity index is 1040. The molecule has 1 heterocycles. The van der Waals surface area contributed by atoms with E-state index in [-0.39, 0.29) is 18.4 Å². The van der Waals surface area contributed by atoms with Crippen LogP contribution in [0.3, 0.4) is 0 Å². The van der Waals surface area contributed by atoms with Crippen molar-refractivity contribution in [3.63, 3.8) is 0 Å². The predicted molar refractivity (Wildman–Crippen MR) is 125 cm³/mol. The molecular weight excluding hydrogens is 436 g/mol. The zero-order valence-corrected chi connectivity index (χ0v) is 19.6. The molecule has 4 unspecified atom stereocenters. The van der Waals surface area contributed by atoms with Crippen LogP contribution in [0, 0.1) is 5.92 Å². The SMILES string of the molecule is COC(C)C(NC(=O)OCC1c2ccccc2-c2ccccc21)C(=O)N1CCC(C(=O)O)C1C. The Morgan fingerprint density at radius 3 is 2.21 bits per heavy atom. The van der Waals surface area contributed by atoms with Crippen molar-refractivity contribution in [2.45, 2.75) is 44.4 Å². The molecule has 0 radical (unpaired) electrons. The molecule has 0 bridgehead atoms. The molecule has 2 aliphatic rings. The normalized spacial score (nSPS) is 20.9. The van der Waals surface area contributed by atoms with Gasteiger partial charge in [0, 0.05) is 25.6 Å². The Hall–Kier alpha value is -3.39. The highest BCUT2D eigenvalue weighted by atomic mass is 16.5. The number of hydrogen-bond acceptors (Lipinski definition) is 5. The van der Waals surface area contributed by atoms with Crippen LogP contribution in [0.25, 0.3) is 11.1 Å². The number of nitrogens with one attached hydrogen (secondary N) is 1. The number of rotatable bonds is 7. The van der Waals surface area contributed by atoms with Gasteiger partial charge < -0.3 is 24.8 Å². The van der Waals surface area contributed by atoms with Crippen LogP contribution in [-0.2, 0) is 19.1 Å². The van der Waals surface area contributed by atoms with Gasteiger partial charge in [-0.2, -0.15) is 0 Å². The summed E-state index contributed by atoms with van der Waals surface area (Å²) >= 11 is 0. The third kappa shape index (κ3) is 4.37. The van der Waals surface area contributed by atoms with Gasteiger partial charge in [0.25, 0.3) is 0 Å². The van der Waals surface area contributed by atoms with Gasteiger partial charge in [0.05, 0.1) is 12.0 Å². The summed E-state index contributed by atoms with van der Waals surface area (Å²) in [7, 11) is 1.46. The number of carboxylic acid groups (broad SMARTS) is 1. The highest BCUT2D eigenvalue weighted by Gasteiger charge is 2.42. The number of carbonyl (C=O) groups excluding carboxylic acids is 2. The molecule has 180 valence electrons. The van der Waals surface area contributed by atoms with Gasteiger partial charge in [0.15, 0.2) is 0 Å². The number of carbonyl (C=O) groups is 3. The van der Waals surface area contributed by atoms with Crippen LogP contribution in [0.4, 0.5) is 4.79 Å². The Balaban J connectivity index is 1.44. The summed E-state index contributed by atoms with van der Waals surface area (Å²) in [6.07, 6.45) is -0.962. The molecule has 2 aromatic carbocycles. The molecule has 8 heteroatoms. The molecule has 8 nitrogen and oxygen atoms in total. The first-order chi connectivity index (χ1) is 16.3. The molecule has 0 aromatic heterocycles. The van der Waals surface area contributed by atoms with Crippen LogP contribution in [-0.4, -0.2) is 66.4 Å². The summed E-state index contributed by atoms with van der Waals surface area (Å²) < 4.78 is 10.9. The van der Waals surface area contributed by atoms with Gasteiger partial charge in [0.2, 0.25) is 5.91 Å². The fourth-order valence-electron chi connectivity index (χ4n) is 5.04. The first-order valence-corrected chi connectivity index (χ1v) is 11.5.